The van der Waals surface area contributed by atoms with E-state index in [0.717, 1.165) is 40.5 Å². The Labute approximate surface area is 260 Å². The van der Waals surface area contributed by atoms with Gasteiger partial charge in [-0.15, -0.1) is 11.3 Å². The average Bonchev–Trinajstić information content (AvgIpc) is 3.70. The number of hydrogen-bond acceptors (Lipinski definition) is 9. The number of nitrogens with one attached hydrogen (secondary N) is 1. The van der Waals surface area contributed by atoms with Gasteiger partial charge in [-0.1, -0.05) is 54.9 Å². The molecule has 9 nitrogen and oxygen atoms in total. The Hall–Kier alpha value is -3.96. The quantitative estimate of drug-likeness (QED) is 0.154. The van der Waals surface area contributed by atoms with E-state index in [2.05, 4.69) is 15.3 Å². The molecule has 0 spiro atoms. The Morgan fingerprint density at radius 3 is 2.37 bits per heavy atom. The Bertz CT molecular complexity index is 1570. The first kappa shape index (κ1) is 30.5. The molecule has 43 heavy (non-hydrogen) atoms. The molecule has 2 aromatic carbocycles. The Morgan fingerprint density at radius 1 is 0.977 bits per heavy atom. The lowest BCUT2D eigenvalue weighted by Gasteiger charge is -2.39. The van der Waals surface area contributed by atoms with Gasteiger partial charge in [0.15, 0.2) is 5.16 Å². The van der Waals surface area contributed by atoms with Crippen molar-refractivity contribution in [1.29, 1.82) is 0 Å². The fourth-order valence-corrected chi connectivity index (χ4v) is 7.04. The van der Waals surface area contributed by atoms with Gasteiger partial charge in [0.25, 0.3) is 0 Å². The smallest absolute Gasteiger partial charge is 0.250 e. The van der Waals surface area contributed by atoms with E-state index in [-0.39, 0.29) is 24.1 Å². The predicted octanol–water partition coefficient (Wildman–Crippen LogP) is 6.31. The number of thioether (sulfide) groups is 1. The number of anilines is 1. The molecule has 1 N–H and O–H groups in total. The molecule has 1 fully saturated rings. The van der Waals surface area contributed by atoms with Gasteiger partial charge >= 0.3 is 0 Å². The topological polar surface area (TPSA) is 107 Å². The van der Waals surface area contributed by atoms with Crippen molar-refractivity contribution in [2.45, 2.75) is 56.8 Å². The average molecular weight is 618 g/mol. The molecule has 1 saturated carbocycles. The summed E-state index contributed by atoms with van der Waals surface area (Å²) in [5, 5.41) is 6.38. The van der Waals surface area contributed by atoms with Crippen LogP contribution in [-0.2, 0) is 16.1 Å². The summed E-state index contributed by atoms with van der Waals surface area (Å²) in [5.74, 6) is 0.789. The van der Waals surface area contributed by atoms with Crippen molar-refractivity contribution in [3.8, 4) is 22.8 Å². The van der Waals surface area contributed by atoms with E-state index < -0.39 is 5.54 Å². The predicted molar refractivity (Wildman–Crippen MR) is 170 cm³/mol. The van der Waals surface area contributed by atoms with Crippen LogP contribution in [0.2, 0.25) is 0 Å². The van der Waals surface area contributed by atoms with Crippen molar-refractivity contribution in [1.82, 2.24) is 19.9 Å². The van der Waals surface area contributed by atoms with Crippen LogP contribution in [0.5, 0.6) is 11.5 Å². The molecule has 224 valence electrons. The molecule has 0 radical (unpaired) electrons. The van der Waals surface area contributed by atoms with Crippen LogP contribution >= 0.6 is 23.1 Å². The highest BCUT2D eigenvalue weighted by Crippen LogP contribution is 2.40. The highest BCUT2D eigenvalue weighted by Gasteiger charge is 2.48. The van der Waals surface area contributed by atoms with Crippen LogP contribution in [0.3, 0.4) is 0 Å². The molecule has 0 bridgehead atoms. The number of amides is 2. The van der Waals surface area contributed by atoms with Gasteiger partial charge in [-0.2, -0.15) is 0 Å². The van der Waals surface area contributed by atoms with Gasteiger partial charge < -0.3 is 19.7 Å². The lowest BCUT2D eigenvalue weighted by Crippen LogP contribution is -2.57. The summed E-state index contributed by atoms with van der Waals surface area (Å²) in [5.41, 5.74) is 3.01. The number of hydrogen-bond donors (Lipinski definition) is 1. The third-order valence-corrected chi connectivity index (χ3v) is 9.19. The van der Waals surface area contributed by atoms with Gasteiger partial charge in [-0.25, -0.2) is 15.0 Å². The number of carbonyl (C=O) groups excluding carboxylic acids is 2. The van der Waals surface area contributed by atoms with Gasteiger partial charge in [0.05, 0.1) is 37.9 Å². The zero-order chi connectivity index (χ0) is 30.4. The number of benzene rings is 2. The van der Waals surface area contributed by atoms with Gasteiger partial charge in [0.2, 0.25) is 11.8 Å². The molecular formula is C32H35N5O4S2. The molecule has 2 amide bonds. The van der Waals surface area contributed by atoms with Crippen LogP contribution in [0.4, 0.5) is 5.69 Å². The highest BCUT2D eigenvalue weighted by atomic mass is 32.2. The maximum Gasteiger partial charge on any atom is 0.250 e. The Balaban J connectivity index is 1.46. The number of aryl methyl sites for hydroxylation is 2. The fraction of sp³-hybridized carbons (Fsp3) is 0.344. The summed E-state index contributed by atoms with van der Waals surface area (Å²) in [6, 6.07) is 17.1. The minimum absolute atomic E-state index is 0.0979. The summed E-state index contributed by atoms with van der Waals surface area (Å²) in [7, 11) is 3.12. The molecule has 0 unspecified atom stereocenters. The van der Waals surface area contributed by atoms with Crippen LogP contribution < -0.4 is 14.8 Å². The minimum atomic E-state index is -1.05. The maximum atomic E-state index is 14.2. The molecule has 1 aliphatic rings. The van der Waals surface area contributed by atoms with E-state index in [1.807, 2.05) is 55.6 Å². The summed E-state index contributed by atoms with van der Waals surface area (Å²) in [6.07, 6.45) is 2.75. The van der Waals surface area contributed by atoms with E-state index in [9.17, 15) is 9.59 Å². The van der Waals surface area contributed by atoms with Crippen molar-refractivity contribution < 1.29 is 19.1 Å². The SMILES string of the molecule is COc1ccc(NC(=O)C2(N(Cc3nc(-c4ccccc4)cs3)C(=O)CSc3nc(C)cc(C)n3)CCCC2)c(OC)c1. The molecule has 11 heteroatoms. The first-order chi connectivity index (χ1) is 20.8. The Kier molecular flexibility index (Phi) is 9.62. The van der Waals surface area contributed by atoms with Crippen LogP contribution in [-0.4, -0.2) is 57.2 Å². The van der Waals surface area contributed by atoms with E-state index in [1.165, 1.54) is 23.1 Å². The second kappa shape index (κ2) is 13.6. The summed E-state index contributed by atoms with van der Waals surface area (Å²) in [6.45, 7) is 4.04. The molecule has 0 saturated heterocycles. The lowest BCUT2D eigenvalue weighted by atomic mass is 9.93. The standard InChI is InChI=1S/C32H35N5O4S2/c1-21-16-22(2)34-31(33-21)43-20-29(38)37(18-28-35-26(19-42-28)23-10-6-5-7-11-23)32(14-8-9-15-32)30(39)36-25-13-12-24(40-3)17-27(25)41-4/h5-7,10-13,16-17,19H,8-9,14-15,18,20H2,1-4H3,(H,36,39). The van der Waals surface area contributed by atoms with Gasteiger partial charge in [-0.3, -0.25) is 9.59 Å². The van der Waals surface area contributed by atoms with E-state index >= 15 is 0 Å². The van der Waals surface area contributed by atoms with Crippen molar-refractivity contribution >= 4 is 40.6 Å². The van der Waals surface area contributed by atoms with Gasteiger partial charge in [0.1, 0.15) is 22.0 Å². The monoisotopic (exact) mass is 617 g/mol. The van der Waals surface area contributed by atoms with E-state index in [4.69, 9.17) is 14.5 Å². The molecule has 4 aromatic rings. The number of methoxy groups -OCH3 is 2. The number of ether oxygens (including phenoxy) is 2. The molecule has 2 aromatic heterocycles. The second-order valence-electron chi connectivity index (χ2n) is 10.5. The van der Waals surface area contributed by atoms with Crippen LogP contribution in [0.15, 0.2) is 65.1 Å². The summed E-state index contributed by atoms with van der Waals surface area (Å²) < 4.78 is 10.9. The van der Waals surface area contributed by atoms with Gasteiger partial charge in [-0.05, 0) is 44.9 Å². The lowest BCUT2D eigenvalue weighted by molar-refractivity contribution is -0.144. The van der Waals surface area contributed by atoms with Crippen molar-refractivity contribution in [2.24, 2.45) is 0 Å². The number of carbonyl (C=O) groups is 2. The van der Waals surface area contributed by atoms with Crippen LogP contribution in [0.1, 0.15) is 42.1 Å². The number of nitrogens with zero attached hydrogens (tertiary/aromatic N) is 4. The fourth-order valence-electron chi connectivity index (χ4n) is 5.42. The highest BCUT2D eigenvalue weighted by molar-refractivity contribution is 7.99. The van der Waals surface area contributed by atoms with Crippen molar-refractivity contribution in [3.63, 3.8) is 0 Å². The number of aromatic nitrogens is 3. The first-order valence-electron chi connectivity index (χ1n) is 14.1. The summed E-state index contributed by atoms with van der Waals surface area (Å²) in [4.78, 5) is 44.0. The maximum absolute atomic E-state index is 14.2. The van der Waals surface area contributed by atoms with Crippen LogP contribution in [0.25, 0.3) is 11.3 Å². The van der Waals surface area contributed by atoms with Crippen molar-refractivity contribution in [3.05, 3.63) is 76.4 Å². The van der Waals surface area contributed by atoms with E-state index in [1.54, 1.807) is 37.3 Å². The molecule has 0 aliphatic heterocycles. The number of rotatable bonds is 11. The van der Waals surface area contributed by atoms with Crippen LogP contribution in [0, 0.1) is 13.8 Å². The molecule has 1 aliphatic carbocycles. The second-order valence-corrected chi connectivity index (χ2v) is 12.3. The summed E-state index contributed by atoms with van der Waals surface area (Å²) >= 11 is 2.77. The first-order valence-corrected chi connectivity index (χ1v) is 16.0. The molecular weight excluding hydrogens is 583 g/mol. The zero-order valence-electron chi connectivity index (χ0n) is 24.8. The normalized spacial score (nSPS) is 13.9. The zero-order valence-corrected chi connectivity index (χ0v) is 26.4. The third-order valence-electron chi connectivity index (χ3n) is 7.53. The molecule has 2 heterocycles. The minimum Gasteiger partial charge on any atom is -0.497 e. The Morgan fingerprint density at radius 2 is 1.70 bits per heavy atom. The van der Waals surface area contributed by atoms with Crippen molar-refractivity contribution in [2.75, 3.05) is 25.3 Å². The van der Waals surface area contributed by atoms with Gasteiger partial charge in [0, 0.05) is 28.4 Å². The number of thiazole rings is 1. The third kappa shape index (κ3) is 7.00. The molecule has 5 rings (SSSR count). The molecule has 0 atom stereocenters. The van der Waals surface area contributed by atoms with E-state index in [0.29, 0.717) is 35.2 Å². The largest absolute Gasteiger partial charge is 0.497 e.